The number of amides is 1. The highest BCUT2D eigenvalue weighted by atomic mass is 35.5. The number of rotatable bonds is 3. The van der Waals surface area contributed by atoms with Crippen molar-refractivity contribution in [3.8, 4) is 0 Å². The Morgan fingerprint density at radius 3 is 2.35 bits per heavy atom. The fourth-order valence-electron chi connectivity index (χ4n) is 2.52. The maximum absolute atomic E-state index is 12.2. The van der Waals surface area contributed by atoms with Crippen LogP contribution in [0.15, 0.2) is 18.3 Å². The molecule has 1 fully saturated rings. The molecular weight excluding hydrogens is 280 g/mol. The SMILES string of the molecule is O=C(NC1(C(=O)O)CCCCCC1)c1ccc(Cl)nc1. The lowest BCUT2D eigenvalue weighted by Crippen LogP contribution is -2.54. The Kier molecular flexibility index (Phi) is 4.60. The van der Waals surface area contributed by atoms with Crippen LogP contribution in [0.5, 0.6) is 0 Å². The van der Waals surface area contributed by atoms with Gasteiger partial charge in [-0.2, -0.15) is 0 Å². The maximum atomic E-state index is 12.2. The van der Waals surface area contributed by atoms with E-state index in [1.54, 1.807) is 0 Å². The molecule has 1 aromatic rings. The molecule has 0 atom stereocenters. The van der Waals surface area contributed by atoms with Crippen molar-refractivity contribution in [2.24, 2.45) is 0 Å². The Balaban J connectivity index is 2.17. The molecule has 0 aliphatic heterocycles. The van der Waals surface area contributed by atoms with E-state index in [0.717, 1.165) is 25.7 Å². The molecule has 6 heteroatoms. The molecule has 0 bridgehead atoms. The Hall–Kier alpha value is -1.62. The van der Waals surface area contributed by atoms with Crippen molar-refractivity contribution in [2.75, 3.05) is 0 Å². The van der Waals surface area contributed by atoms with E-state index >= 15 is 0 Å². The summed E-state index contributed by atoms with van der Waals surface area (Å²) in [5, 5.41) is 12.5. The molecule has 5 nitrogen and oxygen atoms in total. The molecule has 1 aliphatic rings. The van der Waals surface area contributed by atoms with Crippen LogP contribution in [0.2, 0.25) is 5.15 Å². The van der Waals surface area contributed by atoms with Crippen LogP contribution < -0.4 is 5.32 Å². The number of nitrogens with one attached hydrogen (secondary N) is 1. The van der Waals surface area contributed by atoms with Crippen molar-refractivity contribution in [1.29, 1.82) is 0 Å². The lowest BCUT2D eigenvalue weighted by Gasteiger charge is -2.29. The van der Waals surface area contributed by atoms with E-state index in [0.29, 0.717) is 23.6 Å². The quantitative estimate of drug-likeness (QED) is 0.664. The molecular formula is C14H17ClN2O3. The van der Waals surface area contributed by atoms with Crippen LogP contribution in [-0.4, -0.2) is 27.5 Å². The molecule has 0 spiro atoms. The summed E-state index contributed by atoms with van der Waals surface area (Å²) >= 11 is 5.67. The minimum atomic E-state index is -1.16. The first-order valence-electron chi connectivity index (χ1n) is 6.71. The number of carboxylic acid groups (broad SMARTS) is 1. The molecule has 1 saturated carbocycles. The zero-order valence-electron chi connectivity index (χ0n) is 11.1. The molecule has 1 aliphatic carbocycles. The largest absolute Gasteiger partial charge is 0.480 e. The van der Waals surface area contributed by atoms with Crippen LogP contribution in [-0.2, 0) is 4.79 Å². The second-order valence-electron chi connectivity index (χ2n) is 5.13. The van der Waals surface area contributed by atoms with Gasteiger partial charge in [-0.3, -0.25) is 4.79 Å². The Labute approximate surface area is 122 Å². The second-order valence-corrected chi connectivity index (χ2v) is 5.51. The van der Waals surface area contributed by atoms with Gasteiger partial charge in [-0.15, -0.1) is 0 Å². The minimum Gasteiger partial charge on any atom is -0.480 e. The van der Waals surface area contributed by atoms with E-state index in [-0.39, 0.29) is 0 Å². The fourth-order valence-corrected chi connectivity index (χ4v) is 2.64. The Morgan fingerprint density at radius 2 is 1.85 bits per heavy atom. The first-order chi connectivity index (χ1) is 9.53. The molecule has 20 heavy (non-hydrogen) atoms. The van der Waals surface area contributed by atoms with Crippen LogP contribution in [0.25, 0.3) is 0 Å². The zero-order valence-corrected chi connectivity index (χ0v) is 11.8. The molecule has 0 unspecified atom stereocenters. The van der Waals surface area contributed by atoms with Gasteiger partial charge < -0.3 is 10.4 Å². The highest BCUT2D eigenvalue weighted by molar-refractivity contribution is 6.29. The Morgan fingerprint density at radius 1 is 1.20 bits per heavy atom. The lowest BCUT2D eigenvalue weighted by atomic mass is 9.90. The van der Waals surface area contributed by atoms with Gasteiger partial charge >= 0.3 is 5.97 Å². The third-order valence-corrected chi connectivity index (χ3v) is 3.93. The normalized spacial score (nSPS) is 18.1. The van der Waals surface area contributed by atoms with Gasteiger partial charge in [0, 0.05) is 6.20 Å². The average molecular weight is 297 g/mol. The number of halogens is 1. The fraction of sp³-hybridized carbons (Fsp3) is 0.500. The molecule has 0 radical (unpaired) electrons. The van der Waals surface area contributed by atoms with Crippen LogP contribution >= 0.6 is 11.6 Å². The molecule has 108 valence electrons. The summed E-state index contributed by atoms with van der Waals surface area (Å²) in [6, 6.07) is 3.05. The van der Waals surface area contributed by atoms with E-state index in [1.165, 1.54) is 18.3 Å². The predicted octanol–water partition coefficient (Wildman–Crippen LogP) is 2.64. The number of hydrogen-bond donors (Lipinski definition) is 2. The number of nitrogens with zero attached hydrogens (tertiary/aromatic N) is 1. The van der Waals surface area contributed by atoms with Crippen molar-refractivity contribution in [2.45, 2.75) is 44.1 Å². The van der Waals surface area contributed by atoms with E-state index in [4.69, 9.17) is 11.6 Å². The van der Waals surface area contributed by atoms with E-state index in [9.17, 15) is 14.7 Å². The summed E-state index contributed by atoms with van der Waals surface area (Å²) < 4.78 is 0. The first-order valence-corrected chi connectivity index (χ1v) is 7.09. The molecule has 1 amide bonds. The van der Waals surface area contributed by atoms with Crippen LogP contribution in [0.4, 0.5) is 0 Å². The Bertz CT molecular complexity index is 494. The van der Waals surface area contributed by atoms with E-state index < -0.39 is 17.4 Å². The van der Waals surface area contributed by atoms with E-state index in [2.05, 4.69) is 10.3 Å². The van der Waals surface area contributed by atoms with Gasteiger partial charge in [-0.05, 0) is 25.0 Å². The van der Waals surface area contributed by atoms with Crippen LogP contribution in [0, 0.1) is 0 Å². The number of carbonyl (C=O) groups is 2. The average Bonchev–Trinajstić information content (AvgIpc) is 2.66. The summed E-state index contributed by atoms with van der Waals surface area (Å²) in [4.78, 5) is 27.6. The third kappa shape index (κ3) is 3.28. The molecule has 2 N–H and O–H groups in total. The summed E-state index contributed by atoms with van der Waals surface area (Å²) in [6.07, 6.45) is 5.92. The summed E-state index contributed by atoms with van der Waals surface area (Å²) in [6.45, 7) is 0. The highest BCUT2D eigenvalue weighted by Crippen LogP contribution is 2.28. The monoisotopic (exact) mass is 296 g/mol. The minimum absolute atomic E-state index is 0.295. The van der Waals surface area contributed by atoms with Crippen molar-refractivity contribution in [1.82, 2.24) is 10.3 Å². The van der Waals surface area contributed by atoms with Gasteiger partial charge in [0.25, 0.3) is 5.91 Å². The van der Waals surface area contributed by atoms with Crippen LogP contribution in [0.3, 0.4) is 0 Å². The van der Waals surface area contributed by atoms with Crippen molar-refractivity contribution < 1.29 is 14.7 Å². The highest BCUT2D eigenvalue weighted by Gasteiger charge is 2.40. The van der Waals surface area contributed by atoms with Crippen molar-refractivity contribution in [3.05, 3.63) is 29.0 Å². The van der Waals surface area contributed by atoms with Crippen molar-refractivity contribution >= 4 is 23.5 Å². The number of carbonyl (C=O) groups excluding carboxylic acids is 1. The van der Waals surface area contributed by atoms with Gasteiger partial charge in [0.1, 0.15) is 10.7 Å². The molecule has 0 aromatic carbocycles. The van der Waals surface area contributed by atoms with E-state index in [1.807, 2.05) is 0 Å². The molecule has 0 saturated heterocycles. The predicted molar refractivity (Wildman–Crippen MR) is 74.8 cm³/mol. The summed E-state index contributed by atoms with van der Waals surface area (Å²) in [5.74, 6) is -1.38. The van der Waals surface area contributed by atoms with Gasteiger partial charge in [0.2, 0.25) is 0 Å². The molecule has 1 heterocycles. The lowest BCUT2D eigenvalue weighted by molar-refractivity contribution is -0.145. The standard InChI is InChI=1S/C14H17ClN2O3/c15-11-6-5-10(9-16-11)12(18)17-14(13(19)20)7-3-1-2-4-8-14/h5-6,9H,1-4,7-8H2,(H,17,18)(H,19,20). The summed E-state index contributed by atoms with van der Waals surface area (Å²) in [7, 11) is 0. The number of aromatic nitrogens is 1. The van der Waals surface area contributed by atoms with Crippen LogP contribution in [0.1, 0.15) is 48.9 Å². The third-order valence-electron chi connectivity index (χ3n) is 3.71. The van der Waals surface area contributed by atoms with Crippen molar-refractivity contribution in [3.63, 3.8) is 0 Å². The van der Waals surface area contributed by atoms with Gasteiger partial charge in [0.05, 0.1) is 5.56 Å². The summed E-state index contributed by atoms with van der Waals surface area (Å²) in [5.41, 5.74) is -0.841. The number of hydrogen-bond acceptors (Lipinski definition) is 3. The number of carboxylic acids is 1. The molecule has 1 aromatic heterocycles. The number of pyridine rings is 1. The zero-order chi connectivity index (χ0) is 14.6. The molecule has 2 rings (SSSR count). The maximum Gasteiger partial charge on any atom is 0.329 e. The van der Waals surface area contributed by atoms with Gasteiger partial charge in [-0.1, -0.05) is 37.3 Å². The topological polar surface area (TPSA) is 79.3 Å². The number of aliphatic carboxylic acids is 1. The van der Waals surface area contributed by atoms with Gasteiger partial charge in [-0.25, -0.2) is 9.78 Å². The van der Waals surface area contributed by atoms with Gasteiger partial charge in [0.15, 0.2) is 0 Å². The first kappa shape index (κ1) is 14.8. The second kappa shape index (κ2) is 6.22. The smallest absolute Gasteiger partial charge is 0.329 e.